The molecule has 134 valence electrons. The molecule has 0 unspecified atom stereocenters. The summed E-state index contributed by atoms with van der Waals surface area (Å²) in [5.41, 5.74) is 1.81. The molecule has 0 radical (unpaired) electrons. The Morgan fingerprint density at radius 2 is 2.00 bits per heavy atom. The molecule has 26 heavy (non-hydrogen) atoms. The molecule has 0 fully saturated rings. The van der Waals surface area contributed by atoms with Crippen molar-refractivity contribution in [3.05, 3.63) is 54.1 Å². The highest BCUT2D eigenvalue weighted by Crippen LogP contribution is 2.36. The second-order valence-corrected chi connectivity index (χ2v) is 7.48. The first-order valence-corrected chi connectivity index (χ1v) is 9.74. The van der Waals surface area contributed by atoms with Gasteiger partial charge in [-0.25, -0.2) is 0 Å². The minimum atomic E-state index is -0.151. The van der Waals surface area contributed by atoms with Gasteiger partial charge in [0.2, 0.25) is 11.8 Å². The van der Waals surface area contributed by atoms with E-state index in [4.69, 9.17) is 4.74 Å². The molecule has 0 aromatic heterocycles. The molecule has 2 amide bonds. The van der Waals surface area contributed by atoms with E-state index in [0.717, 1.165) is 17.7 Å². The average molecular weight is 368 g/mol. The summed E-state index contributed by atoms with van der Waals surface area (Å²) in [5.74, 6) is 1.37. The first-order valence-electron chi connectivity index (χ1n) is 8.75. The molecular formula is C20H20N2O3S. The number of para-hydroxylation sites is 2. The van der Waals surface area contributed by atoms with Crippen LogP contribution >= 0.6 is 11.8 Å². The van der Waals surface area contributed by atoms with Crippen molar-refractivity contribution in [1.82, 2.24) is 5.32 Å². The van der Waals surface area contributed by atoms with Gasteiger partial charge in [-0.15, -0.1) is 11.8 Å². The molecule has 4 rings (SSSR count). The molecule has 1 atom stereocenters. The van der Waals surface area contributed by atoms with Crippen LogP contribution in [0.5, 0.6) is 5.75 Å². The average Bonchev–Trinajstić information content (AvgIpc) is 2.81. The highest BCUT2D eigenvalue weighted by Gasteiger charge is 2.27. The number of hydrogen-bond donors (Lipinski definition) is 1. The van der Waals surface area contributed by atoms with E-state index in [9.17, 15) is 9.59 Å². The second kappa shape index (κ2) is 7.41. The number of rotatable bonds is 3. The van der Waals surface area contributed by atoms with E-state index in [2.05, 4.69) is 17.4 Å². The van der Waals surface area contributed by atoms with E-state index in [1.54, 1.807) is 0 Å². The maximum absolute atomic E-state index is 12.7. The SMILES string of the molecule is O=C(CN1C(=O)CCOc2ccccc21)N[C@H]1CCSc2ccccc21. The van der Waals surface area contributed by atoms with Crippen LogP contribution in [0.4, 0.5) is 5.69 Å². The van der Waals surface area contributed by atoms with Crippen molar-refractivity contribution in [2.45, 2.75) is 23.8 Å². The lowest BCUT2D eigenvalue weighted by Crippen LogP contribution is -2.42. The molecular weight excluding hydrogens is 348 g/mol. The van der Waals surface area contributed by atoms with E-state index < -0.39 is 0 Å². The van der Waals surface area contributed by atoms with E-state index in [-0.39, 0.29) is 30.8 Å². The number of nitrogens with zero attached hydrogens (tertiary/aromatic N) is 1. The number of carbonyl (C=O) groups excluding carboxylic acids is 2. The first kappa shape index (κ1) is 17.0. The zero-order valence-electron chi connectivity index (χ0n) is 14.3. The van der Waals surface area contributed by atoms with Crippen LogP contribution in [0.15, 0.2) is 53.4 Å². The van der Waals surface area contributed by atoms with Crippen molar-refractivity contribution in [3.63, 3.8) is 0 Å². The van der Waals surface area contributed by atoms with E-state index >= 15 is 0 Å². The van der Waals surface area contributed by atoms with Crippen molar-refractivity contribution in [1.29, 1.82) is 0 Å². The number of nitrogens with one attached hydrogen (secondary N) is 1. The Hall–Kier alpha value is -2.47. The Bertz CT molecular complexity index is 839. The minimum absolute atomic E-state index is 0.00498. The number of fused-ring (bicyclic) bond motifs is 2. The van der Waals surface area contributed by atoms with Crippen LogP contribution in [-0.2, 0) is 9.59 Å². The van der Waals surface area contributed by atoms with Gasteiger partial charge in [-0.2, -0.15) is 0 Å². The van der Waals surface area contributed by atoms with Crippen LogP contribution in [0.2, 0.25) is 0 Å². The zero-order chi connectivity index (χ0) is 17.9. The lowest BCUT2D eigenvalue weighted by molar-refractivity contribution is -0.124. The fourth-order valence-corrected chi connectivity index (χ4v) is 4.49. The van der Waals surface area contributed by atoms with Gasteiger partial charge in [0.15, 0.2) is 0 Å². The van der Waals surface area contributed by atoms with Gasteiger partial charge in [-0.3, -0.25) is 14.5 Å². The third kappa shape index (κ3) is 3.42. The van der Waals surface area contributed by atoms with Gasteiger partial charge in [-0.1, -0.05) is 30.3 Å². The van der Waals surface area contributed by atoms with Crippen molar-refractivity contribution in [2.24, 2.45) is 0 Å². The number of carbonyl (C=O) groups is 2. The molecule has 1 N–H and O–H groups in total. The molecule has 5 nitrogen and oxygen atoms in total. The molecule has 2 aliphatic rings. The fourth-order valence-electron chi connectivity index (χ4n) is 3.37. The number of hydrogen-bond acceptors (Lipinski definition) is 4. The summed E-state index contributed by atoms with van der Waals surface area (Å²) in [6, 6.07) is 15.5. The van der Waals surface area contributed by atoms with Gasteiger partial charge in [0.25, 0.3) is 0 Å². The van der Waals surface area contributed by atoms with Crippen LogP contribution in [0.25, 0.3) is 0 Å². The van der Waals surface area contributed by atoms with Crippen LogP contribution in [0.1, 0.15) is 24.4 Å². The van der Waals surface area contributed by atoms with Gasteiger partial charge in [0, 0.05) is 10.6 Å². The van der Waals surface area contributed by atoms with Crippen molar-refractivity contribution in [3.8, 4) is 5.75 Å². The summed E-state index contributed by atoms with van der Waals surface area (Å²) < 4.78 is 5.63. The largest absolute Gasteiger partial charge is 0.491 e. The maximum Gasteiger partial charge on any atom is 0.240 e. The molecule has 2 aromatic carbocycles. The predicted molar refractivity (Wildman–Crippen MR) is 102 cm³/mol. The second-order valence-electron chi connectivity index (χ2n) is 6.34. The molecule has 6 heteroatoms. The van der Waals surface area contributed by atoms with Crippen LogP contribution in [0, 0.1) is 0 Å². The molecule has 0 aliphatic carbocycles. The van der Waals surface area contributed by atoms with Gasteiger partial charge in [-0.05, 0) is 30.2 Å². The standard InChI is InChI=1S/C20H20N2O3S/c23-19(21-15-10-12-26-18-8-4-1-5-14(15)18)13-22-16-6-2-3-7-17(16)25-11-9-20(22)24/h1-8,15H,9-13H2,(H,21,23)/t15-/m0/s1. The maximum atomic E-state index is 12.7. The quantitative estimate of drug-likeness (QED) is 0.904. The van der Waals surface area contributed by atoms with Gasteiger partial charge >= 0.3 is 0 Å². The number of thioether (sulfide) groups is 1. The lowest BCUT2D eigenvalue weighted by atomic mass is 10.0. The van der Waals surface area contributed by atoms with Crippen LogP contribution in [-0.4, -0.2) is 30.7 Å². The van der Waals surface area contributed by atoms with E-state index in [1.807, 2.05) is 48.2 Å². The van der Waals surface area contributed by atoms with Gasteiger partial charge < -0.3 is 10.1 Å². The monoisotopic (exact) mass is 368 g/mol. The first-order chi connectivity index (χ1) is 12.7. The summed E-state index contributed by atoms with van der Waals surface area (Å²) in [6.07, 6.45) is 1.16. The lowest BCUT2D eigenvalue weighted by Gasteiger charge is -2.27. The molecule has 2 aromatic rings. The predicted octanol–water partition coefficient (Wildman–Crippen LogP) is 3.16. The van der Waals surface area contributed by atoms with Gasteiger partial charge in [0.1, 0.15) is 12.3 Å². The van der Waals surface area contributed by atoms with E-state index in [1.165, 1.54) is 9.80 Å². The van der Waals surface area contributed by atoms with Crippen molar-refractivity contribution >= 4 is 29.3 Å². The number of amides is 2. The summed E-state index contributed by atoms with van der Waals surface area (Å²) in [7, 11) is 0. The summed E-state index contributed by atoms with van der Waals surface area (Å²) in [5, 5.41) is 3.11. The van der Waals surface area contributed by atoms with Crippen molar-refractivity contribution in [2.75, 3.05) is 23.8 Å². The molecule has 2 heterocycles. The normalized spacial score (nSPS) is 19.0. The van der Waals surface area contributed by atoms with Gasteiger partial charge in [0.05, 0.1) is 24.8 Å². The summed E-state index contributed by atoms with van der Waals surface area (Å²) in [4.78, 5) is 27.9. The number of ether oxygens (including phenoxy) is 1. The molecule has 0 saturated carbocycles. The molecule has 0 spiro atoms. The summed E-state index contributed by atoms with van der Waals surface area (Å²) in [6.45, 7) is 0.339. The van der Waals surface area contributed by atoms with Crippen molar-refractivity contribution < 1.29 is 14.3 Å². The number of anilines is 1. The fraction of sp³-hybridized carbons (Fsp3) is 0.300. The number of benzene rings is 2. The Kier molecular flexibility index (Phi) is 4.84. The Morgan fingerprint density at radius 3 is 2.92 bits per heavy atom. The Balaban J connectivity index is 1.51. The third-order valence-corrected chi connectivity index (χ3v) is 5.75. The highest BCUT2D eigenvalue weighted by atomic mass is 32.2. The molecule has 0 saturated heterocycles. The third-order valence-electron chi connectivity index (χ3n) is 4.63. The topological polar surface area (TPSA) is 58.6 Å². The highest BCUT2D eigenvalue weighted by molar-refractivity contribution is 7.99. The van der Waals surface area contributed by atoms with Crippen LogP contribution in [0.3, 0.4) is 0 Å². The minimum Gasteiger partial charge on any atom is -0.491 e. The summed E-state index contributed by atoms with van der Waals surface area (Å²) >= 11 is 1.82. The molecule has 2 aliphatic heterocycles. The Morgan fingerprint density at radius 1 is 1.19 bits per heavy atom. The van der Waals surface area contributed by atoms with Crippen LogP contribution < -0.4 is 15.0 Å². The zero-order valence-corrected chi connectivity index (χ0v) is 15.1. The van der Waals surface area contributed by atoms with E-state index in [0.29, 0.717) is 18.0 Å². The Labute approximate surface area is 156 Å². The smallest absolute Gasteiger partial charge is 0.240 e. The molecule has 0 bridgehead atoms.